The second-order valence-corrected chi connectivity index (χ2v) is 5.35. The summed E-state index contributed by atoms with van der Waals surface area (Å²) >= 11 is 0. The molecule has 0 spiro atoms. The SMILES string of the molecule is CCCn1c(-c2ccccc2)nc2cc(CC(=O)O)ccc21. The van der Waals surface area contributed by atoms with Crippen molar-refractivity contribution >= 4 is 17.0 Å². The summed E-state index contributed by atoms with van der Waals surface area (Å²) in [5.74, 6) is 0.112. The Hall–Kier alpha value is -2.62. The van der Waals surface area contributed by atoms with Crippen LogP contribution in [0.25, 0.3) is 22.4 Å². The van der Waals surface area contributed by atoms with Crippen LogP contribution in [-0.4, -0.2) is 20.6 Å². The van der Waals surface area contributed by atoms with Crippen molar-refractivity contribution in [1.29, 1.82) is 0 Å². The van der Waals surface area contributed by atoms with E-state index in [0.717, 1.165) is 41.0 Å². The molecule has 1 aromatic heterocycles. The largest absolute Gasteiger partial charge is 0.481 e. The van der Waals surface area contributed by atoms with Crippen molar-refractivity contribution in [3.05, 3.63) is 54.1 Å². The number of aliphatic carboxylic acids is 1. The Morgan fingerprint density at radius 1 is 1.18 bits per heavy atom. The highest BCUT2D eigenvalue weighted by Gasteiger charge is 2.13. The minimum atomic E-state index is -0.823. The zero-order chi connectivity index (χ0) is 15.5. The van der Waals surface area contributed by atoms with Gasteiger partial charge in [0.1, 0.15) is 5.82 Å². The van der Waals surface area contributed by atoms with Crippen molar-refractivity contribution in [3.8, 4) is 11.4 Å². The molecule has 4 nitrogen and oxygen atoms in total. The normalized spacial score (nSPS) is 11.0. The van der Waals surface area contributed by atoms with E-state index in [1.165, 1.54) is 0 Å². The summed E-state index contributed by atoms with van der Waals surface area (Å²) in [6, 6.07) is 15.8. The highest BCUT2D eigenvalue weighted by atomic mass is 16.4. The van der Waals surface area contributed by atoms with Gasteiger partial charge in [-0.05, 0) is 24.1 Å². The molecule has 1 N–H and O–H groups in total. The Bertz CT molecular complexity index is 807. The number of aryl methyl sites for hydroxylation is 1. The van der Waals surface area contributed by atoms with Gasteiger partial charge in [-0.25, -0.2) is 4.98 Å². The molecule has 0 atom stereocenters. The molecule has 0 fully saturated rings. The van der Waals surface area contributed by atoms with Crippen molar-refractivity contribution in [2.75, 3.05) is 0 Å². The molecule has 3 aromatic rings. The van der Waals surface area contributed by atoms with E-state index in [1.807, 2.05) is 48.5 Å². The summed E-state index contributed by atoms with van der Waals surface area (Å²) in [6.07, 6.45) is 1.04. The molecule has 0 bridgehead atoms. The third kappa shape index (κ3) is 2.72. The zero-order valence-corrected chi connectivity index (χ0v) is 12.5. The number of imidazole rings is 1. The molecule has 0 radical (unpaired) electrons. The van der Waals surface area contributed by atoms with Crippen LogP contribution >= 0.6 is 0 Å². The molecule has 0 amide bonds. The number of carboxylic acid groups (broad SMARTS) is 1. The van der Waals surface area contributed by atoms with Crippen LogP contribution in [0.1, 0.15) is 18.9 Å². The van der Waals surface area contributed by atoms with Crippen molar-refractivity contribution < 1.29 is 9.90 Å². The van der Waals surface area contributed by atoms with Crippen LogP contribution < -0.4 is 0 Å². The van der Waals surface area contributed by atoms with Crippen LogP contribution in [0.15, 0.2) is 48.5 Å². The number of benzene rings is 2. The summed E-state index contributed by atoms with van der Waals surface area (Å²) in [4.78, 5) is 15.6. The Balaban J connectivity index is 2.15. The van der Waals surface area contributed by atoms with Gasteiger partial charge in [-0.3, -0.25) is 4.79 Å². The fraction of sp³-hybridized carbons (Fsp3) is 0.222. The van der Waals surface area contributed by atoms with Crippen molar-refractivity contribution in [2.45, 2.75) is 26.3 Å². The minimum absolute atomic E-state index is 0.0250. The Kier molecular flexibility index (Phi) is 3.92. The Labute approximate surface area is 129 Å². The van der Waals surface area contributed by atoms with Gasteiger partial charge in [0.15, 0.2) is 0 Å². The number of aromatic nitrogens is 2. The molecule has 1 heterocycles. The van der Waals surface area contributed by atoms with Gasteiger partial charge in [-0.2, -0.15) is 0 Å². The quantitative estimate of drug-likeness (QED) is 0.780. The molecule has 0 saturated carbocycles. The van der Waals surface area contributed by atoms with Crippen molar-refractivity contribution in [1.82, 2.24) is 9.55 Å². The number of carboxylic acids is 1. The zero-order valence-electron chi connectivity index (χ0n) is 12.5. The lowest BCUT2D eigenvalue weighted by atomic mass is 10.1. The monoisotopic (exact) mass is 294 g/mol. The second kappa shape index (κ2) is 6.02. The summed E-state index contributed by atoms with van der Waals surface area (Å²) in [7, 11) is 0. The van der Waals surface area contributed by atoms with E-state index >= 15 is 0 Å². The third-order valence-corrected chi connectivity index (χ3v) is 3.65. The topological polar surface area (TPSA) is 55.1 Å². The molecule has 22 heavy (non-hydrogen) atoms. The van der Waals surface area contributed by atoms with E-state index in [-0.39, 0.29) is 6.42 Å². The molecule has 0 aliphatic rings. The molecular weight excluding hydrogens is 276 g/mol. The number of carbonyl (C=O) groups is 1. The van der Waals surface area contributed by atoms with E-state index in [9.17, 15) is 4.79 Å². The van der Waals surface area contributed by atoms with Crippen molar-refractivity contribution in [3.63, 3.8) is 0 Å². The summed E-state index contributed by atoms with van der Waals surface area (Å²) in [5, 5.41) is 8.94. The lowest BCUT2D eigenvalue weighted by Gasteiger charge is -2.07. The van der Waals surface area contributed by atoms with Crippen LogP contribution in [0.4, 0.5) is 0 Å². The molecule has 0 unspecified atom stereocenters. The highest BCUT2D eigenvalue weighted by molar-refractivity contribution is 5.82. The maximum atomic E-state index is 10.9. The number of rotatable bonds is 5. The summed E-state index contributed by atoms with van der Waals surface area (Å²) < 4.78 is 2.20. The number of nitrogens with zero attached hydrogens (tertiary/aromatic N) is 2. The van der Waals surface area contributed by atoms with Crippen LogP contribution in [0.5, 0.6) is 0 Å². The average Bonchev–Trinajstić information content (AvgIpc) is 2.86. The predicted molar refractivity (Wildman–Crippen MR) is 86.8 cm³/mol. The van der Waals surface area contributed by atoms with Crippen LogP contribution in [0.2, 0.25) is 0 Å². The van der Waals surface area contributed by atoms with Crippen molar-refractivity contribution in [2.24, 2.45) is 0 Å². The maximum Gasteiger partial charge on any atom is 0.307 e. The first kappa shape index (κ1) is 14.3. The Morgan fingerprint density at radius 2 is 1.95 bits per heavy atom. The van der Waals surface area contributed by atoms with Gasteiger partial charge in [0, 0.05) is 12.1 Å². The Morgan fingerprint density at radius 3 is 2.64 bits per heavy atom. The van der Waals surface area contributed by atoms with Gasteiger partial charge in [0.2, 0.25) is 0 Å². The molecule has 3 rings (SSSR count). The minimum Gasteiger partial charge on any atom is -0.481 e. The van der Waals surface area contributed by atoms with Gasteiger partial charge >= 0.3 is 5.97 Å². The van der Waals surface area contributed by atoms with E-state index in [1.54, 1.807) is 0 Å². The van der Waals surface area contributed by atoms with Gasteiger partial charge in [-0.1, -0.05) is 43.3 Å². The third-order valence-electron chi connectivity index (χ3n) is 3.65. The van der Waals surface area contributed by atoms with E-state index in [0.29, 0.717) is 0 Å². The lowest BCUT2D eigenvalue weighted by Crippen LogP contribution is -2.01. The molecule has 0 aliphatic heterocycles. The first-order valence-corrected chi connectivity index (χ1v) is 7.45. The highest BCUT2D eigenvalue weighted by Crippen LogP contribution is 2.26. The lowest BCUT2D eigenvalue weighted by molar-refractivity contribution is -0.136. The smallest absolute Gasteiger partial charge is 0.307 e. The molecule has 112 valence electrons. The van der Waals surface area contributed by atoms with Gasteiger partial charge in [0.05, 0.1) is 17.5 Å². The van der Waals surface area contributed by atoms with Crippen LogP contribution in [0.3, 0.4) is 0 Å². The number of hydrogen-bond acceptors (Lipinski definition) is 2. The van der Waals surface area contributed by atoms with E-state index in [2.05, 4.69) is 11.5 Å². The molecule has 0 aliphatic carbocycles. The summed E-state index contributed by atoms with van der Waals surface area (Å²) in [6.45, 7) is 3.03. The van der Waals surface area contributed by atoms with Gasteiger partial charge < -0.3 is 9.67 Å². The molecule has 2 aromatic carbocycles. The number of hydrogen-bond donors (Lipinski definition) is 1. The van der Waals surface area contributed by atoms with E-state index in [4.69, 9.17) is 10.1 Å². The predicted octanol–water partition coefficient (Wildman–Crippen LogP) is 3.74. The van der Waals surface area contributed by atoms with Gasteiger partial charge in [-0.15, -0.1) is 0 Å². The fourth-order valence-corrected chi connectivity index (χ4v) is 2.72. The van der Waals surface area contributed by atoms with Crippen LogP contribution in [-0.2, 0) is 17.8 Å². The standard InChI is InChI=1S/C18H18N2O2/c1-2-10-20-16-9-8-13(12-17(21)22)11-15(16)19-18(20)14-6-4-3-5-7-14/h3-9,11H,2,10,12H2,1H3,(H,21,22). The number of fused-ring (bicyclic) bond motifs is 1. The molecular formula is C18H18N2O2. The maximum absolute atomic E-state index is 10.9. The first-order chi connectivity index (χ1) is 10.7. The van der Waals surface area contributed by atoms with E-state index < -0.39 is 5.97 Å². The summed E-state index contributed by atoms with van der Waals surface area (Å²) in [5.41, 5.74) is 3.76. The van der Waals surface area contributed by atoms with Crippen LogP contribution in [0, 0.1) is 0 Å². The first-order valence-electron chi connectivity index (χ1n) is 7.45. The average molecular weight is 294 g/mol. The van der Waals surface area contributed by atoms with Gasteiger partial charge in [0.25, 0.3) is 0 Å². The molecule has 0 saturated heterocycles. The molecule has 4 heteroatoms. The fourth-order valence-electron chi connectivity index (χ4n) is 2.72. The second-order valence-electron chi connectivity index (χ2n) is 5.35.